The molecular formula is C11H13N3O3S. The van der Waals surface area contributed by atoms with Crippen LogP contribution in [0, 0.1) is 0 Å². The van der Waals surface area contributed by atoms with E-state index in [4.69, 9.17) is 9.47 Å². The van der Waals surface area contributed by atoms with E-state index < -0.39 is 0 Å². The van der Waals surface area contributed by atoms with Gasteiger partial charge in [-0.15, -0.1) is 0 Å². The van der Waals surface area contributed by atoms with Crippen molar-refractivity contribution in [1.29, 1.82) is 0 Å². The summed E-state index contributed by atoms with van der Waals surface area (Å²) in [5.74, 6) is 0.765. The molecule has 0 aliphatic carbocycles. The van der Waals surface area contributed by atoms with Crippen molar-refractivity contribution in [2.75, 3.05) is 26.3 Å². The third kappa shape index (κ3) is 2.88. The fourth-order valence-electron chi connectivity index (χ4n) is 1.36. The molecule has 1 heterocycles. The van der Waals surface area contributed by atoms with E-state index in [2.05, 4.69) is 15.6 Å². The number of carbonyl (C=O) groups is 1. The van der Waals surface area contributed by atoms with Gasteiger partial charge < -0.3 is 14.8 Å². The molecule has 0 saturated heterocycles. The Bertz CT molecular complexity index is 555. The Morgan fingerprint density at radius 1 is 1.44 bits per heavy atom. The third-order valence-corrected chi connectivity index (χ3v) is 3.13. The molecule has 0 radical (unpaired) electrons. The van der Waals surface area contributed by atoms with Gasteiger partial charge >= 0.3 is 6.03 Å². The Balaban J connectivity index is 2.12. The summed E-state index contributed by atoms with van der Waals surface area (Å²) in [6.45, 7) is 0.157. The number of carbonyl (C=O) groups excluding carboxylic acids is 1. The van der Waals surface area contributed by atoms with Crippen LogP contribution < -0.4 is 15.4 Å². The minimum absolute atomic E-state index is 0.157. The normalized spacial score (nSPS) is 10.3. The molecule has 0 atom stereocenters. The van der Waals surface area contributed by atoms with Gasteiger partial charge in [0.05, 0.1) is 17.3 Å². The molecule has 96 valence electrons. The standard InChI is InChI=1S/C11H13N3O3S/c1-16-6-12-10(15)14-11-13-8-4-3-7(17-2)5-9(8)18-11/h3-5H,6H2,1-2H3,(H2,12,13,14,15). The van der Waals surface area contributed by atoms with Crippen LogP contribution in [0.3, 0.4) is 0 Å². The summed E-state index contributed by atoms with van der Waals surface area (Å²) in [6.07, 6.45) is 0. The highest BCUT2D eigenvalue weighted by molar-refractivity contribution is 7.22. The number of fused-ring (bicyclic) bond motifs is 1. The highest BCUT2D eigenvalue weighted by atomic mass is 32.1. The first kappa shape index (κ1) is 12.6. The van der Waals surface area contributed by atoms with Crippen molar-refractivity contribution < 1.29 is 14.3 Å². The summed E-state index contributed by atoms with van der Waals surface area (Å²) in [5.41, 5.74) is 0.822. The molecule has 2 rings (SSSR count). The molecule has 7 heteroatoms. The maximum absolute atomic E-state index is 11.4. The predicted octanol–water partition coefficient (Wildman–Crippen LogP) is 2.03. The summed E-state index contributed by atoms with van der Waals surface area (Å²) in [7, 11) is 3.11. The van der Waals surface area contributed by atoms with E-state index in [9.17, 15) is 4.79 Å². The van der Waals surface area contributed by atoms with Crippen molar-refractivity contribution in [1.82, 2.24) is 10.3 Å². The zero-order chi connectivity index (χ0) is 13.0. The lowest BCUT2D eigenvalue weighted by atomic mass is 10.3. The number of hydrogen-bond acceptors (Lipinski definition) is 5. The van der Waals surface area contributed by atoms with Gasteiger partial charge in [-0.05, 0) is 18.2 Å². The summed E-state index contributed by atoms with van der Waals surface area (Å²) in [4.78, 5) is 15.7. The molecule has 18 heavy (non-hydrogen) atoms. The first-order chi connectivity index (χ1) is 8.72. The van der Waals surface area contributed by atoms with Gasteiger partial charge in [0.1, 0.15) is 12.5 Å². The largest absolute Gasteiger partial charge is 0.497 e. The lowest BCUT2D eigenvalue weighted by Gasteiger charge is -2.02. The molecule has 0 fully saturated rings. The van der Waals surface area contributed by atoms with E-state index in [1.807, 2.05) is 18.2 Å². The van der Waals surface area contributed by atoms with E-state index in [0.717, 1.165) is 16.0 Å². The Morgan fingerprint density at radius 3 is 3.00 bits per heavy atom. The first-order valence-electron chi connectivity index (χ1n) is 5.21. The number of urea groups is 1. The SMILES string of the molecule is COCNC(=O)Nc1nc2ccc(OC)cc2s1. The molecule has 0 unspecified atom stereocenters. The van der Waals surface area contributed by atoms with Crippen molar-refractivity contribution in [2.24, 2.45) is 0 Å². The van der Waals surface area contributed by atoms with Crippen LogP contribution in [0.25, 0.3) is 10.2 Å². The van der Waals surface area contributed by atoms with Crippen LogP contribution in [0.5, 0.6) is 5.75 Å². The van der Waals surface area contributed by atoms with Crippen molar-refractivity contribution in [2.45, 2.75) is 0 Å². The molecule has 1 aromatic carbocycles. The van der Waals surface area contributed by atoms with E-state index in [-0.39, 0.29) is 12.8 Å². The number of ether oxygens (including phenoxy) is 2. The lowest BCUT2D eigenvalue weighted by molar-refractivity contribution is 0.177. The summed E-state index contributed by atoms with van der Waals surface area (Å²) in [5, 5.41) is 5.69. The number of benzene rings is 1. The van der Waals surface area contributed by atoms with Crippen LogP contribution in [-0.4, -0.2) is 32.0 Å². The fraction of sp³-hybridized carbons (Fsp3) is 0.273. The Morgan fingerprint density at radius 2 is 2.28 bits per heavy atom. The van der Waals surface area contributed by atoms with Gasteiger partial charge in [-0.3, -0.25) is 5.32 Å². The van der Waals surface area contributed by atoms with Gasteiger partial charge in [-0.25, -0.2) is 9.78 Å². The molecule has 0 bridgehead atoms. The summed E-state index contributed by atoms with van der Waals surface area (Å²) >= 11 is 1.38. The van der Waals surface area contributed by atoms with Gasteiger partial charge in [-0.2, -0.15) is 0 Å². The molecule has 2 amide bonds. The molecule has 6 nitrogen and oxygen atoms in total. The van der Waals surface area contributed by atoms with Crippen LogP contribution in [0.15, 0.2) is 18.2 Å². The first-order valence-corrected chi connectivity index (χ1v) is 6.03. The minimum atomic E-state index is -0.345. The third-order valence-electron chi connectivity index (χ3n) is 2.19. The number of methoxy groups -OCH3 is 2. The van der Waals surface area contributed by atoms with Crippen LogP contribution in [0.2, 0.25) is 0 Å². The van der Waals surface area contributed by atoms with Crippen LogP contribution in [0.1, 0.15) is 0 Å². The fourth-order valence-corrected chi connectivity index (χ4v) is 2.25. The zero-order valence-corrected chi connectivity index (χ0v) is 10.8. The quantitative estimate of drug-likeness (QED) is 0.831. The second-order valence-electron chi connectivity index (χ2n) is 3.42. The highest BCUT2D eigenvalue weighted by Gasteiger charge is 2.07. The van der Waals surface area contributed by atoms with Gasteiger partial charge in [-0.1, -0.05) is 11.3 Å². The van der Waals surface area contributed by atoms with Gasteiger partial charge in [0.15, 0.2) is 5.13 Å². The van der Waals surface area contributed by atoms with Crippen molar-refractivity contribution in [3.8, 4) is 5.75 Å². The Labute approximate surface area is 108 Å². The second-order valence-corrected chi connectivity index (χ2v) is 4.45. The number of aromatic nitrogens is 1. The highest BCUT2D eigenvalue weighted by Crippen LogP contribution is 2.28. The molecule has 2 N–H and O–H groups in total. The number of amides is 2. The van der Waals surface area contributed by atoms with Gasteiger partial charge in [0, 0.05) is 7.11 Å². The maximum atomic E-state index is 11.4. The Hall–Kier alpha value is -1.86. The average Bonchev–Trinajstić information content (AvgIpc) is 2.77. The molecule has 2 aromatic rings. The van der Waals surface area contributed by atoms with Crippen molar-refractivity contribution in [3.05, 3.63) is 18.2 Å². The van der Waals surface area contributed by atoms with Gasteiger partial charge in [0.25, 0.3) is 0 Å². The summed E-state index contributed by atoms with van der Waals surface area (Å²) in [6, 6.07) is 5.22. The number of anilines is 1. The number of hydrogen-bond donors (Lipinski definition) is 2. The molecule has 0 spiro atoms. The molecule has 1 aromatic heterocycles. The number of thiazole rings is 1. The second kappa shape index (κ2) is 5.65. The molecule has 0 aliphatic heterocycles. The Kier molecular flexibility index (Phi) is 3.96. The van der Waals surface area contributed by atoms with E-state index in [1.165, 1.54) is 18.4 Å². The maximum Gasteiger partial charge on any atom is 0.322 e. The number of nitrogens with one attached hydrogen (secondary N) is 2. The smallest absolute Gasteiger partial charge is 0.322 e. The molecular weight excluding hydrogens is 254 g/mol. The van der Waals surface area contributed by atoms with Crippen LogP contribution in [0.4, 0.5) is 9.93 Å². The van der Waals surface area contributed by atoms with E-state index in [0.29, 0.717) is 5.13 Å². The van der Waals surface area contributed by atoms with E-state index in [1.54, 1.807) is 7.11 Å². The predicted molar refractivity (Wildman–Crippen MR) is 70.2 cm³/mol. The minimum Gasteiger partial charge on any atom is -0.497 e. The summed E-state index contributed by atoms with van der Waals surface area (Å²) < 4.78 is 10.8. The van der Waals surface area contributed by atoms with Crippen molar-refractivity contribution in [3.63, 3.8) is 0 Å². The van der Waals surface area contributed by atoms with Crippen LogP contribution in [-0.2, 0) is 4.74 Å². The number of nitrogens with zero attached hydrogens (tertiary/aromatic N) is 1. The lowest BCUT2D eigenvalue weighted by Crippen LogP contribution is -2.30. The zero-order valence-electron chi connectivity index (χ0n) is 10.0. The topological polar surface area (TPSA) is 72.5 Å². The van der Waals surface area contributed by atoms with Gasteiger partial charge in [0.2, 0.25) is 0 Å². The average molecular weight is 267 g/mol. The molecule has 0 saturated carbocycles. The molecule has 0 aliphatic rings. The number of rotatable bonds is 4. The van der Waals surface area contributed by atoms with Crippen molar-refractivity contribution >= 4 is 32.7 Å². The monoisotopic (exact) mass is 267 g/mol. The van der Waals surface area contributed by atoms with Crippen LogP contribution >= 0.6 is 11.3 Å². The van der Waals surface area contributed by atoms with E-state index >= 15 is 0 Å².